The van der Waals surface area contributed by atoms with E-state index in [9.17, 15) is 19.8 Å². The molecule has 1 saturated carbocycles. The maximum absolute atomic E-state index is 13.7. The minimum atomic E-state index is -1.33. The third kappa shape index (κ3) is 8.19. The Morgan fingerprint density at radius 2 is 1.71 bits per heavy atom. The van der Waals surface area contributed by atoms with Crippen LogP contribution in [0.2, 0.25) is 0 Å². The Balaban J connectivity index is 1.95. The number of hydrogen-bond donors (Lipinski definition) is 2. The number of benzene rings is 1. The summed E-state index contributed by atoms with van der Waals surface area (Å²) in [5, 5.41) is 28.0. The van der Waals surface area contributed by atoms with E-state index in [2.05, 4.69) is 10.2 Å². The number of rotatable bonds is 8. The average Bonchev–Trinajstić information content (AvgIpc) is 2.81. The van der Waals surface area contributed by atoms with Crippen molar-refractivity contribution in [3.05, 3.63) is 35.9 Å². The lowest BCUT2D eigenvalue weighted by Crippen LogP contribution is -2.69. The molecule has 0 aromatic heterocycles. The standard InChI is InChI=1S/C31H51N3O4/c1-29(2,3)32-27(35)25(20-23-14-9-7-10-15-23)33-19-13-18-31(38,22-33)26(21-24-16-11-8-12-17-24)34(28(36)37)30(4,5)6/h8,11-12,16-17,23,25-26,38H,7,9-10,13-15,18-22H2,1-6H3,(H,32,35)(H,36,37)/p-1/t25-,26-,31+/m0/s1. The van der Waals surface area contributed by atoms with Gasteiger partial charge in [-0.05, 0) is 85.3 Å². The van der Waals surface area contributed by atoms with Crippen LogP contribution in [-0.4, -0.2) is 68.8 Å². The summed E-state index contributed by atoms with van der Waals surface area (Å²) < 4.78 is 0. The molecule has 2 fully saturated rings. The predicted octanol–water partition coefficient (Wildman–Crippen LogP) is 4.12. The first kappa shape index (κ1) is 30.4. The quantitative estimate of drug-likeness (QED) is 0.529. The number of carbonyl (C=O) groups excluding carboxylic acids is 2. The molecule has 1 aliphatic carbocycles. The molecule has 38 heavy (non-hydrogen) atoms. The highest BCUT2D eigenvalue weighted by atomic mass is 16.4. The molecule has 3 atom stereocenters. The molecule has 1 saturated heterocycles. The van der Waals surface area contributed by atoms with Crippen LogP contribution in [0.25, 0.3) is 0 Å². The number of aliphatic hydroxyl groups is 1. The highest BCUT2D eigenvalue weighted by molar-refractivity contribution is 5.82. The van der Waals surface area contributed by atoms with Gasteiger partial charge in [0.1, 0.15) is 6.09 Å². The van der Waals surface area contributed by atoms with Crippen molar-refractivity contribution in [2.75, 3.05) is 13.1 Å². The van der Waals surface area contributed by atoms with Gasteiger partial charge >= 0.3 is 0 Å². The summed E-state index contributed by atoms with van der Waals surface area (Å²) in [6.45, 7) is 12.5. The van der Waals surface area contributed by atoms with Crippen molar-refractivity contribution >= 4 is 12.0 Å². The Labute approximate surface area is 230 Å². The molecule has 2 amide bonds. The number of piperidine rings is 1. The molecule has 1 aromatic carbocycles. The van der Waals surface area contributed by atoms with Gasteiger partial charge in [-0.25, -0.2) is 0 Å². The number of nitrogens with one attached hydrogen (secondary N) is 1. The fourth-order valence-electron chi connectivity index (χ4n) is 6.48. The molecular formula is C31H50N3O4-. The second-order valence-electron chi connectivity index (χ2n) is 13.7. The molecule has 0 unspecified atom stereocenters. The first-order valence-electron chi connectivity index (χ1n) is 14.5. The Hall–Kier alpha value is -2.12. The number of carboxylic acid groups (broad SMARTS) is 1. The highest BCUT2D eigenvalue weighted by Gasteiger charge is 2.48. The summed E-state index contributed by atoms with van der Waals surface area (Å²) in [4.78, 5) is 29.6. The normalized spacial score (nSPS) is 23.4. The zero-order valence-electron chi connectivity index (χ0n) is 24.5. The molecule has 0 radical (unpaired) electrons. The number of likely N-dealkylation sites (tertiary alicyclic amines) is 1. The van der Waals surface area contributed by atoms with Gasteiger partial charge in [-0.15, -0.1) is 0 Å². The van der Waals surface area contributed by atoms with E-state index in [1.54, 1.807) is 0 Å². The topological polar surface area (TPSA) is 95.9 Å². The lowest BCUT2D eigenvalue weighted by atomic mass is 9.78. The maximum Gasteiger partial charge on any atom is 0.237 e. The van der Waals surface area contributed by atoms with E-state index < -0.39 is 23.3 Å². The summed E-state index contributed by atoms with van der Waals surface area (Å²) in [7, 11) is 0. The van der Waals surface area contributed by atoms with Gasteiger partial charge in [0.25, 0.3) is 0 Å². The van der Waals surface area contributed by atoms with E-state index in [4.69, 9.17) is 0 Å². The Kier molecular flexibility index (Phi) is 9.91. The number of hydrogen-bond acceptors (Lipinski definition) is 5. The summed E-state index contributed by atoms with van der Waals surface area (Å²) >= 11 is 0. The van der Waals surface area contributed by atoms with Crippen LogP contribution >= 0.6 is 0 Å². The van der Waals surface area contributed by atoms with Crippen LogP contribution in [0.3, 0.4) is 0 Å². The van der Waals surface area contributed by atoms with Crippen LogP contribution in [0.4, 0.5) is 4.79 Å². The molecule has 7 heteroatoms. The Bertz CT molecular complexity index is 917. The van der Waals surface area contributed by atoms with Crippen LogP contribution < -0.4 is 10.4 Å². The molecule has 7 nitrogen and oxygen atoms in total. The van der Waals surface area contributed by atoms with Crippen LogP contribution in [0.1, 0.15) is 98.5 Å². The second-order valence-corrected chi connectivity index (χ2v) is 13.7. The maximum atomic E-state index is 13.7. The van der Waals surface area contributed by atoms with Crippen LogP contribution in [0.5, 0.6) is 0 Å². The Morgan fingerprint density at radius 3 is 2.26 bits per heavy atom. The molecule has 0 bridgehead atoms. The first-order valence-corrected chi connectivity index (χ1v) is 14.5. The predicted molar refractivity (Wildman–Crippen MR) is 150 cm³/mol. The fraction of sp³-hybridized carbons (Fsp3) is 0.742. The number of nitrogens with zero attached hydrogens (tertiary/aromatic N) is 2. The molecule has 0 spiro atoms. The molecule has 2 aliphatic rings. The van der Waals surface area contributed by atoms with E-state index in [0.29, 0.717) is 31.7 Å². The van der Waals surface area contributed by atoms with E-state index in [-0.39, 0.29) is 24.0 Å². The summed E-state index contributed by atoms with van der Waals surface area (Å²) in [5.41, 5.74) is -1.49. The molecule has 1 aliphatic heterocycles. The minimum absolute atomic E-state index is 0.000452. The van der Waals surface area contributed by atoms with Crippen molar-refractivity contribution in [3.63, 3.8) is 0 Å². The largest absolute Gasteiger partial charge is 0.530 e. The van der Waals surface area contributed by atoms with Crippen molar-refractivity contribution in [1.29, 1.82) is 0 Å². The number of carbonyl (C=O) groups is 2. The smallest absolute Gasteiger partial charge is 0.237 e. The van der Waals surface area contributed by atoms with Crippen molar-refractivity contribution in [1.82, 2.24) is 15.1 Å². The van der Waals surface area contributed by atoms with Gasteiger partial charge in [0, 0.05) is 17.6 Å². The van der Waals surface area contributed by atoms with Gasteiger partial charge < -0.3 is 25.2 Å². The van der Waals surface area contributed by atoms with Crippen LogP contribution in [0.15, 0.2) is 30.3 Å². The molecule has 3 rings (SSSR count). The second kappa shape index (κ2) is 12.4. The SMILES string of the molecule is CC(C)(C)NC(=O)[C@H](CC1CCCCC1)N1CCC[C@](O)([C@H](Cc2ccccc2)N(C(=O)[O-])C(C)(C)C)C1. The summed E-state index contributed by atoms with van der Waals surface area (Å²) in [6, 6.07) is 8.67. The lowest BCUT2D eigenvalue weighted by molar-refractivity contribution is -0.279. The van der Waals surface area contributed by atoms with Gasteiger partial charge in [0.05, 0.1) is 17.7 Å². The van der Waals surface area contributed by atoms with E-state index >= 15 is 0 Å². The van der Waals surface area contributed by atoms with Gasteiger partial charge in [-0.2, -0.15) is 0 Å². The molecular weight excluding hydrogens is 478 g/mol. The highest BCUT2D eigenvalue weighted by Crippen LogP contribution is 2.36. The first-order chi connectivity index (χ1) is 17.7. The van der Waals surface area contributed by atoms with Crippen molar-refractivity contribution in [3.8, 4) is 0 Å². The van der Waals surface area contributed by atoms with Crippen LogP contribution in [-0.2, 0) is 11.2 Å². The third-order valence-corrected chi connectivity index (χ3v) is 8.18. The number of amides is 2. The van der Waals surface area contributed by atoms with Gasteiger partial charge in [-0.1, -0.05) is 62.4 Å². The summed E-state index contributed by atoms with van der Waals surface area (Å²) in [5.74, 6) is 0.489. The van der Waals surface area contributed by atoms with E-state index in [1.165, 1.54) is 24.2 Å². The molecule has 214 valence electrons. The van der Waals surface area contributed by atoms with Gasteiger partial charge in [0.2, 0.25) is 5.91 Å². The molecule has 1 aromatic rings. The van der Waals surface area contributed by atoms with Crippen molar-refractivity contribution in [2.24, 2.45) is 5.92 Å². The third-order valence-electron chi connectivity index (χ3n) is 8.18. The van der Waals surface area contributed by atoms with Crippen molar-refractivity contribution in [2.45, 2.75) is 128 Å². The minimum Gasteiger partial charge on any atom is -0.530 e. The van der Waals surface area contributed by atoms with Gasteiger partial charge in [0.15, 0.2) is 0 Å². The summed E-state index contributed by atoms with van der Waals surface area (Å²) in [6.07, 6.45) is 6.95. The fourth-order valence-corrected chi connectivity index (χ4v) is 6.48. The van der Waals surface area contributed by atoms with Gasteiger partial charge in [-0.3, -0.25) is 9.69 Å². The molecule has 2 N–H and O–H groups in total. The monoisotopic (exact) mass is 528 g/mol. The van der Waals surface area contributed by atoms with E-state index in [1.807, 2.05) is 71.9 Å². The average molecular weight is 529 g/mol. The van der Waals surface area contributed by atoms with E-state index in [0.717, 1.165) is 24.8 Å². The van der Waals surface area contributed by atoms with Crippen molar-refractivity contribution < 1.29 is 19.8 Å². The zero-order valence-corrected chi connectivity index (χ0v) is 24.5. The number of β-amino-alcohol motifs (C(OH)–C–C–N with tert-alkyl or cyclic N) is 1. The lowest BCUT2D eigenvalue weighted by Gasteiger charge is -2.53. The zero-order chi connectivity index (χ0) is 28.1. The molecule has 1 heterocycles. The Morgan fingerprint density at radius 1 is 1.08 bits per heavy atom. The van der Waals surface area contributed by atoms with Crippen LogP contribution in [0, 0.1) is 5.92 Å².